The van der Waals surface area contributed by atoms with E-state index >= 15 is 0 Å². The van der Waals surface area contributed by atoms with E-state index in [1.54, 1.807) is 0 Å². The van der Waals surface area contributed by atoms with Crippen molar-refractivity contribution in [3.8, 4) is 62.5 Å². The van der Waals surface area contributed by atoms with Crippen molar-refractivity contribution < 1.29 is 0 Å². The Kier molecular flexibility index (Phi) is 9.18. The van der Waals surface area contributed by atoms with Crippen molar-refractivity contribution in [1.29, 1.82) is 5.26 Å². The molecular weight excluding hydrogens is 597 g/mol. The second-order valence-corrected chi connectivity index (χ2v) is 13.9. The first-order valence-electron chi connectivity index (χ1n) is 17.6. The topological polar surface area (TPSA) is 62.5 Å². The molecule has 1 fully saturated rings. The molecule has 0 bridgehead atoms. The summed E-state index contributed by atoms with van der Waals surface area (Å²) in [5.41, 5.74) is 9.60. The largest absolute Gasteiger partial charge is 0.208 e. The van der Waals surface area contributed by atoms with Gasteiger partial charge in [0.25, 0.3) is 0 Å². The van der Waals surface area contributed by atoms with Crippen LogP contribution >= 0.6 is 0 Å². The number of benzene rings is 5. The lowest BCUT2D eigenvalue weighted by Gasteiger charge is -2.36. The SMILES string of the molecule is CCC1(c2ccc(-c3cccc(-c4nc(-c5ccccc5)nc(-c5ccccc5)n4)c3)c(-c3ccc(C#N)cc3)c2)C[C@H](C)CC[C@H](C)C1. The molecule has 4 nitrogen and oxygen atoms in total. The second kappa shape index (κ2) is 14.0. The summed E-state index contributed by atoms with van der Waals surface area (Å²) in [5, 5.41) is 9.54. The maximum Gasteiger partial charge on any atom is 0.164 e. The number of hydrogen-bond donors (Lipinski definition) is 0. The molecule has 1 saturated carbocycles. The van der Waals surface area contributed by atoms with Crippen molar-refractivity contribution in [1.82, 2.24) is 15.0 Å². The zero-order chi connectivity index (χ0) is 33.8. The smallest absolute Gasteiger partial charge is 0.164 e. The van der Waals surface area contributed by atoms with Crippen molar-refractivity contribution in [2.45, 2.75) is 58.3 Å². The van der Waals surface area contributed by atoms with Crippen LogP contribution in [0, 0.1) is 23.2 Å². The van der Waals surface area contributed by atoms with E-state index in [9.17, 15) is 5.26 Å². The molecule has 5 aromatic carbocycles. The minimum atomic E-state index is 0.142. The molecule has 242 valence electrons. The van der Waals surface area contributed by atoms with E-state index in [0.29, 0.717) is 34.9 Å². The van der Waals surface area contributed by atoms with Crippen LogP contribution in [0.25, 0.3) is 56.4 Å². The van der Waals surface area contributed by atoms with E-state index < -0.39 is 0 Å². The summed E-state index contributed by atoms with van der Waals surface area (Å²) >= 11 is 0. The summed E-state index contributed by atoms with van der Waals surface area (Å²) in [4.78, 5) is 14.9. The Labute approximate surface area is 290 Å². The third kappa shape index (κ3) is 6.80. The highest BCUT2D eigenvalue weighted by Gasteiger charge is 2.36. The molecule has 4 heteroatoms. The van der Waals surface area contributed by atoms with Gasteiger partial charge in [0, 0.05) is 16.7 Å². The predicted octanol–water partition coefficient (Wildman–Crippen LogP) is 11.6. The van der Waals surface area contributed by atoms with E-state index in [-0.39, 0.29) is 5.41 Å². The van der Waals surface area contributed by atoms with Gasteiger partial charge in [0.1, 0.15) is 0 Å². The quantitative estimate of drug-likeness (QED) is 0.163. The minimum Gasteiger partial charge on any atom is -0.208 e. The first kappa shape index (κ1) is 32.2. The Morgan fingerprint density at radius 2 is 1.10 bits per heavy atom. The number of nitriles is 1. The molecule has 49 heavy (non-hydrogen) atoms. The number of nitrogens with zero attached hydrogens (tertiary/aromatic N) is 4. The van der Waals surface area contributed by atoms with E-state index in [0.717, 1.165) is 39.8 Å². The summed E-state index contributed by atoms with van der Waals surface area (Å²) < 4.78 is 0. The van der Waals surface area contributed by atoms with Crippen LogP contribution in [-0.2, 0) is 5.41 Å². The Bertz CT molecular complexity index is 2030. The van der Waals surface area contributed by atoms with E-state index in [2.05, 4.69) is 81.4 Å². The fourth-order valence-corrected chi connectivity index (χ4v) is 7.77. The normalized spacial score (nSPS) is 19.1. The molecule has 1 aliphatic rings. The monoisotopic (exact) mass is 638 g/mol. The van der Waals surface area contributed by atoms with Crippen LogP contribution in [0.5, 0.6) is 0 Å². The van der Waals surface area contributed by atoms with Crippen molar-refractivity contribution in [2.75, 3.05) is 0 Å². The average Bonchev–Trinajstić information content (AvgIpc) is 3.32. The molecule has 0 spiro atoms. The van der Waals surface area contributed by atoms with Gasteiger partial charge in [-0.1, -0.05) is 137 Å². The first-order chi connectivity index (χ1) is 23.9. The van der Waals surface area contributed by atoms with Crippen LogP contribution in [0.1, 0.15) is 64.0 Å². The molecule has 0 amide bonds. The van der Waals surface area contributed by atoms with Gasteiger partial charge in [0.05, 0.1) is 11.6 Å². The highest BCUT2D eigenvalue weighted by molar-refractivity contribution is 5.86. The third-order valence-electron chi connectivity index (χ3n) is 10.4. The van der Waals surface area contributed by atoms with Gasteiger partial charge in [-0.05, 0) is 88.6 Å². The Hall–Kier alpha value is -5.40. The minimum absolute atomic E-state index is 0.142. The Morgan fingerprint density at radius 1 is 0.571 bits per heavy atom. The molecular formula is C45H42N4. The summed E-state index contributed by atoms with van der Waals surface area (Å²) in [6, 6.07) is 46.2. The number of rotatable bonds is 7. The highest BCUT2D eigenvalue weighted by Crippen LogP contribution is 2.47. The average molecular weight is 639 g/mol. The summed E-state index contributed by atoms with van der Waals surface area (Å²) in [6.45, 7) is 7.22. The van der Waals surface area contributed by atoms with Crippen molar-refractivity contribution >= 4 is 0 Å². The molecule has 1 aliphatic carbocycles. The zero-order valence-electron chi connectivity index (χ0n) is 28.6. The van der Waals surface area contributed by atoms with Crippen molar-refractivity contribution in [3.63, 3.8) is 0 Å². The molecule has 6 aromatic rings. The lowest BCUT2D eigenvalue weighted by atomic mass is 9.68. The summed E-state index contributed by atoms with van der Waals surface area (Å²) in [7, 11) is 0. The Balaban J connectivity index is 1.37. The summed E-state index contributed by atoms with van der Waals surface area (Å²) in [6.07, 6.45) is 6.14. The van der Waals surface area contributed by atoms with Crippen LogP contribution in [0.15, 0.2) is 127 Å². The van der Waals surface area contributed by atoms with Crippen LogP contribution in [0.2, 0.25) is 0 Å². The maximum absolute atomic E-state index is 9.54. The van der Waals surface area contributed by atoms with E-state index in [1.165, 1.54) is 36.8 Å². The number of hydrogen-bond acceptors (Lipinski definition) is 4. The third-order valence-corrected chi connectivity index (χ3v) is 10.4. The molecule has 0 saturated heterocycles. The lowest BCUT2D eigenvalue weighted by molar-refractivity contribution is 0.295. The molecule has 1 aromatic heterocycles. The number of aromatic nitrogens is 3. The van der Waals surface area contributed by atoms with Gasteiger partial charge < -0.3 is 0 Å². The molecule has 1 unspecified atom stereocenters. The fraction of sp³-hybridized carbons (Fsp3) is 0.244. The maximum atomic E-state index is 9.54. The molecule has 0 radical (unpaired) electrons. The molecule has 0 aliphatic heterocycles. The van der Waals surface area contributed by atoms with Gasteiger partial charge in [0.2, 0.25) is 0 Å². The van der Waals surface area contributed by atoms with Gasteiger partial charge in [-0.2, -0.15) is 5.26 Å². The van der Waals surface area contributed by atoms with Crippen LogP contribution in [0.3, 0.4) is 0 Å². The van der Waals surface area contributed by atoms with Crippen LogP contribution in [0.4, 0.5) is 0 Å². The van der Waals surface area contributed by atoms with Crippen LogP contribution in [-0.4, -0.2) is 15.0 Å². The molecule has 3 atom stereocenters. The molecule has 0 N–H and O–H groups in total. The van der Waals surface area contributed by atoms with Gasteiger partial charge in [0.15, 0.2) is 17.5 Å². The second-order valence-electron chi connectivity index (χ2n) is 13.9. The molecule has 1 heterocycles. The van der Waals surface area contributed by atoms with Crippen molar-refractivity contribution in [2.24, 2.45) is 11.8 Å². The summed E-state index contributed by atoms with van der Waals surface area (Å²) in [5.74, 6) is 3.32. The highest BCUT2D eigenvalue weighted by atomic mass is 15.0. The van der Waals surface area contributed by atoms with Crippen molar-refractivity contribution in [3.05, 3.63) is 139 Å². The van der Waals surface area contributed by atoms with E-state index in [1.807, 2.05) is 72.8 Å². The van der Waals surface area contributed by atoms with Crippen LogP contribution < -0.4 is 0 Å². The van der Waals surface area contributed by atoms with E-state index in [4.69, 9.17) is 15.0 Å². The lowest BCUT2D eigenvalue weighted by Crippen LogP contribution is -2.28. The predicted molar refractivity (Wildman–Crippen MR) is 200 cm³/mol. The van der Waals surface area contributed by atoms with Gasteiger partial charge >= 0.3 is 0 Å². The van der Waals surface area contributed by atoms with Gasteiger partial charge in [-0.15, -0.1) is 0 Å². The van der Waals surface area contributed by atoms with Gasteiger partial charge in [-0.3, -0.25) is 0 Å². The Morgan fingerprint density at radius 3 is 1.65 bits per heavy atom. The van der Waals surface area contributed by atoms with Gasteiger partial charge in [-0.25, -0.2) is 15.0 Å². The zero-order valence-corrected chi connectivity index (χ0v) is 28.6. The molecule has 7 rings (SSSR count). The fourth-order valence-electron chi connectivity index (χ4n) is 7.77. The standard InChI is InChI=1S/C45H42N4/c1-4-45(28-31(2)18-19-32(3)29-45)39-24-25-40(41(27-39)34-22-20-33(30-46)21-23-34)37-16-11-17-38(26-37)44-48-42(35-12-7-5-8-13-35)47-43(49-44)36-14-9-6-10-15-36/h5-17,20-27,31-32H,4,18-19,28-29H2,1-3H3/t31-,32+,45?. The first-order valence-corrected chi connectivity index (χ1v) is 17.6.